The highest BCUT2D eigenvalue weighted by Crippen LogP contribution is 2.26. The van der Waals surface area contributed by atoms with E-state index in [0.717, 1.165) is 16.6 Å². The molecule has 0 bridgehead atoms. The molecule has 0 aromatic heterocycles. The first kappa shape index (κ1) is 14.1. The fourth-order valence-corrected chi connectivity index (χ4v) is 2.66. The number of benzene rings is 2. The molecule has 0 saturated carbocycles. The van der Waals surface area contributed by atoms with Gasteiger partial charge in [-0.15, -0.1) is 0 Å². The minimum atomic E-state index is 0.587. The maximum Gasteiger partial charge on any atom is 0.133 e. The molecule has 0 amide bonds. The van der Waals surface area contributed by atoms with Gasteiger partial charge >= 0.3 is 0 Å². The quantitative estimate of drug-likeness (QED) is 0.755. The van der Waals surface area contributed by atoms with Crippen LogP contribution in [0.2, 0.25) is 0 Å². The summed E-state index contributed by atoms with van der Waals surface area (Å²) in [5, 5.41) is 0. The predicted molar refractivity (Wildman–Crippen MR) is 84.0 cm³/mol. The third-order valence-electron chi connectivity index (χ3n) is 3.27. The van der Waals surface area contributed by atoms with E-state index < -0.39 is 0 Å². The van der Waals surface area contributed by atoms with Gasteiger partial charge in [-0.2, -0.15) is 0 Å². The first-order valence-electron chi connectivity index (χ1n) is 6.51. The third kappa shape index (κ3) is 3.60. The lowest BCUT2D eigenvalue weighted by Gasteiger charge is -2.08. The van der Waals surface area contributed by atoms with Crippen molar-refractivity contribution in [2.75, 3.05) is 7.11 Å². The summed E-state index contributed by atoms with van der Waals surface area (Å²) in [6, 6.07) is 15.1. The monoisotopic (exact) mass is 318 g/mol. The van der Waals surface area contributed by atoms with Crippen LogP contribution in [0.15, 0.2) is 46.9 Å². The van der Waals surface area contributed by atoms with Crippen LogP contribution in [0, 0.1) is 0 Å². The molecule has 0 aliphatic rings. The molecular weight excluding hydrogens is 300 g/mol. The van der Waals surface area contributed by atoms with Gasteiger partial charge in [0.1, 0.15) is 5.75 Å². The topological polar surface area (TPSA) is 9.23 Å². The number of ether oxygens (including phenoxy) is 1. The number of hydrogen-bond donors (Lipinski definition) is 0. The Morgan fingerprint density at radius 3 is 2.16 bits per heavy atom. The average molecular weight is 319 g/mol. The molecule has 2 aromatic carbocycles. The maximum absolute atomic E-state index is 5.25. The Kier molecular flexibility index (Phi) is 4.65. The Labute approximate surface area is 123 Å². The molecule has 0 saturated heterocycles. The highest BCUT2D eigenvalue weighted by Gasteiger charge is 2.03. The predicted octanol–water partition coefficient (Wildman–Crippen LogP) is 5.17. The summed E-state index contributed by atoms with van der Waals surface area (Å²) in [5.74, 6) is 1.46. The molecule has 0 aliphatic heterocycles. The van der Waals surface area contributed by atoms with E-state index in [1.54, 1.807) is 7.11 Å². The number of rotatable bonds is 4. The van der Waals surface area contributed by atoms with Gasteiger partial charge in [0, 0.05) is 0 Å². The second-order valence-electron chi connectivity index (χ2n) is 5.04. The van der Waals surface area contributed by atoms with Crippen LogP contribution in [0.5, 0.6) is 5.75 Å². The minimum absolute atomic E-state index is 0.587. The van der Waals surface area contributed by atoms with Gasteiger partial charge in [0.05, 0.1) is 11.6 Å². The Bertz CT molecular complexity index is 544. The Balaban J connectivity index is 2.14. The number of hydrogen-bond acceptors (Lipinski definition) is 1. The smallest absolute Gasteiger partial charge is 0.133 e. The van der Waals surface area contributed by atoms with Crippen molar-refractivity contribution in [1.29, 1.82) is 0 Å². The van der Waals surface area contributed by atoms with Crippen LogP contribution < -0.4 is 4.74 Å². The first-order valence-corrected chi connectivity index (χ1v) is 7.30. The lowest BCUT2D eigenvalue weighted by atomic mass is 9.99. The van der Waals surface area contributed by atoms with Gasteiger partial charge in [0.15, 0.2) is 0 Å². The van der Waals surface area contributed by atoms with Crippen LogP contribution in [-0.2, 0) is 6.42 Å². The zero-order valence-corrected chi connectivity index (χ0v) is 13.2. The van der Waals surface area contributed by atoms with Crippen molar-refractivity contribution in [3.05, 3.63) is 63.6 Å². The molecule has 19 heavy (non-hydrogen) atoms. The van der Waals surface area contributed by atoms with E-state index in [1.807, 2.05) is 6.07 Å². The van der Waals surface area contributed by atoms with E-state index in [9.17, 15) is 0 Å². The zero-order valence-electron chi connectivity index (χ0n) is 11.6. The Morgan fingerprint density at radius 2 is 1.63 bits per heavy atom. The van der Waals surface area contributed by atoms with Crippen molar-refractivity contribution in [3.63, 3.8) is 0 Å². The SMILES string of the molecule is COc1ccc(Cc2ccc(C(C)C)cc2)cc1Br. The summed E-state index contributed by atoms with van der Waals surface area (Å²) in [6.45, 7) is 4.44. The van der Waals surface area contributed by atoms with Crippen LogP contribution in [-0.4, -0.2) is 7.11 Å². The van der Waals surface area contributed by atoms with Gasteiger partial charge in [-0.25, -0.2) is 0 Å². The van der Waals surface area contributed by atoms with E-state index in [0.29, 0.717) is 5.92 Å². The minimum Gasteiger partial charge on any atom is -0.496 e. The largest absolute Gasteiger partial charge is 0.496 e. The van der Waals surface area contributed by atoms with E-state index in [2.05, 4.69) is 66.2 Å². The van der Waals surface area contributed by atoms with Gasteiger partial charge in [-0.3, -0.25) is 0 Å². The molecule has 0 atom stereocenters. The molecule has 0 N–H and O–H groups in total. The van der Waals surface area contributed by atoms with E-state index >= 15 is 0 Å². The molecule has 0 radical (unpaired) electrons. The van der Waals surface area contributed by atoms with Gasteiger partial charge in [-0.1, -0.05) is 44.2 Å². The number of methoxy groups -OCH3 is 1. The second-order valence-corrected chi connectivity index (χ2v) is 5.90. The lowest BCUT2D eigenvalue weighted by molar-refractivity contribution is 0.412. The summed E-state index contributed by atoms with van der Waals surface area (Å²) >= 11 is 3.53. The molecule has 1 nitrogen and oxygen atoms in total. The van der Waals surface area contributed by atoms with Crippen molar-refractivity contribution >= 4 is 15.9 Å². The van der Waals surface area contributed by atoms with Gasteiger partial charge in [0.25, 0.3) is 0 Å². The zero-order chi connectivity index (χ0) is 13.8. The van der Waals surface area contributed by atoms with Gasteiger partial charge in [0.2, 0.25) is 0 Å². The van der Waals surface area contributed by atoms with Crippen molar-refractivity contribution in [2.24, 2.45) is 0 Å². The van der Waals surface area contributed by atoms with Crippen LogP contribution in [0.3, 0.4) is 0 Å². The van der Waals surface area contributed by atoms with Crippen LogP contribution in [0.1, 0.15) is 36.5 Å². The standard InChI is InChI=1S/C17H19BrO/c1-12(2)15-7-4-13(5-8-15)10-14-6-9-17(19-3)16(18)11-14/h4-9,11-12H,10H2,1-3H3. The fraction of sp³-hybridized carbons (Fsp3) is 0.294. The average Bonchev–Trinajstić information content (AvgIpc) is 2.39. The highest BCUT2D eigenvalue weighted by atomic mass is 79.9. The maximum atomic E-state index is 5.25. The molecule has 0 aliphatic carbocycles. The molecule has 2 aromatic rings. The summed E-state index contributed by atoms with van der Waals surface area (Å²) < 4.78 is 6.25. The second kappa shape index (κ2) is 6.25. The van der Waals surface area contributed by atoms with Crippen molar-refractivity contribution < 1.29 is 4.74 Å². The molecule has 2 heteroatoms. The summed E-state index contributed by atoms with van der Waals surface area (Å²) in [4.78, 5) is 0. The highest BCUT2D eigenvalue weighted by molar-refractivity contribution is 9.10. The molecule has 100 valence electrons. The first-order chi connectivity index (χ1) is 9.10. The van der Waals surface area contributed by atoms with Crippen molar-refractivity contribution in [3.8, 4) is 5.75 Å². The Morgan fingerprint density at radius 1 is 1.00 bits per heavy atom. The molecule has 0 unspecified atom stereocenters. The van der Waals surface area contributed by atoms with Gasteiger partial charge < -0.3 is 4.74 Å². The third-order valence-corrected chi connectivity index (χ3v) is 3.89. The van der Waals surface area contributed by atoms with E-state index in [-0.39, 0.29) is 0 Å². The summed E-state index contributed by atoms with van der Waals surface area (Å²) in [5.41, 5.74) is 4.01. The van der Waals surface area contributed by atoms with Crippen LogP contribution >= 0.6 is 15.9 Å². The van der Waals surface area contributed by atoms with Crippen molar-refractivity contribution in [2.45, 2.75) is 26.2 Å². The molecule has 0 spiro atoms. The normalized spacial score (nSPS) is 10.8. The molecule has 2 rings (SSSR count). The molecule has 0 heterocycles. The fourth-order valence-electron chi connectivity index (χ4n) is 2.08. The summed E-state index contributed by atoms with van der Waals surface area (Å²) in [6.07, 6.45) is 0.945. The summed E-state index contributed by atoms with van der Waals surface area (Å²) in [7, 11) is 1.68. The van der Waals surface area contributed by atoms with E-state index in [1.165, 1.54) is 16.7 Å². The molecule has 0 fully saturated rings. The van der Waals surface area contributed by atoms with Crippen LogP contribution in [0.25, 0.3) is 0 Å². The van der Waals surface area contributed by atoms with Crippen LogP contribution in [0.4, 0.5) is 0 Å². The Hall–Kier alpha value is -1.28. The molecular formula is C17H19BrO. The van der Waals surface area contributed by atoms with Crippen molar-refractivity contribution in [1.82, 2.24) is 0 Å². The van der Waals surface area contributed by atoms with E-state index in [4.69, 9.17) is 4.74 Å². The lowest BCUT2D eigenvalue weighted by Crippen LogP contribution is -1.92. The number of halogens is 1. The van der Waals surface area contributed by atoms with Gasteiger partial charge in [-0.05, 0) is 57.1 Å².